The summed E-state index contributed by atoms with van der Waals surface area (Å²) in [7, 11) is 4.37. The Morgan fingerprint density at radius 1 is 1.11 bits per heavy atom. The summed E-state index contributed by atoms with van der Waals surface area (Å²) < 4.78 is 16.3. The zero-order valence-electron chi connectivity index (χ0n) is 22.1. The maximum atomic E-state index is 13.9. The SMILES string of the molecule is COc1cc(CC2(C(=O)NC(C(N)=O)C(C)O)CCCN2C(=O)C2CCCN2C(=O)O)cc(OC)c1OC. The van der Waals surface area contributed by atoms with E-state index in [1.165, 1.54) is 33.2 Å². The molecule has 4 unspecified atom stereocenters. The number of carbonyl (C=O) groups is 4. The number of nitrogens with two attached hydrogens (primary N) is 1. The number of primary amides is 1. The number of hydrogen-bond donors (Lipinski definition) is 4. The average Bonchev–Trinajstić information content (AvgIpc) is 3.54. The number of carboxylic acid groups (broad SMARTS) is 1. The van der Waals surface area contributed by atoms with Crippen LogP contribution >= 0.6 is 0 Å². The van der Waals surface area contributed by atoms with Crippen molar-refractivity contribution in [2.24, 2.45) is 5.73 Å². The highest BCUT2D eigenvalue weighted by Crippen LogP contribution is 2.42. The molecule has 1 aromatic carbocycles. The number of rotatable bonds is 10. The fraction of sp³-hybridized carbons (Fsp3) is 0.600. The van der Waals surface area contributed by atoms with Crippen LogP contribution in [0.4, 0.5) is 4.79 Å². The standard InChI is InChI=1S/C25H36N4O9/c1-14(30)19(21(26)31)27-23(33)25(13-15-11-17(36-2)20(38-4)18(12-15)37-3)8-6-10-29(25)22(32)16-7-5-9-28(16)24(34)35/h11-12,14,16,19,30H,5-10,13H2,1-4H3,(H2,26,31)(H,27,33)(H,34,35). The van der Waals surface area contributed by atoms with Gasteiger partial charge in [-0.2, -0.15) is 0 Å². The first-order valence-corrected chi connectivity index (χ1v) is 12.4. The summed E-state index contributed by atoms with van der Waals surface area (Å²) >= 11 is 0. The lowest BCUT2D eigenvalue weighted by Crippen LogP contribution is -2.64. The van der Waals surface area contributed by atoms with Crippen LogP contribution in [0, 0.1) is 0 Å². The molecule has 2 heterocycles. The van der Waals surface area contributed by atoms with E-state index in [1.54, 1.807) is 12.1 Å². The number of amides is 4. The summed E-state index contributed by atoms with van der Waals surface area (Å²) in [4.78, 5) is 54.0. The number of nitrogens with zero attached hydrogens (tertiary/aromatic N) is 2. The Hall–Kier alpha value is -3.74. The predicted molar refractivity (Wildman–Crippen MR) is 134 cm³/mol. The molecule has 2 saturated heterocycles. The molecule has 38 heavy (non-hydrogen) atoms. The molecule has 2 aliphatic heterocycles. The van der Waals surface area contributed by atoms with Crippen LogP contribution in [0.25, 0.3) is 0 Å². The summed E-state index contributed by atoms with van der Waals surface area (Å²) in [6.07, 6.45) is -0.951. The molecule has 0 aromatic heterocycles. The second kappa shape index (κ2) is 11.8. The lowest BCUT2D eigenvalue weighted by Gasteiger charge is -2.40. The molecule has 5 N–H and O–H groups in total. The van der Waals surface area contributed by atoms with E-state index >= 15 is 0 Å². The van der Waals surface area contributed by atoms with E-state index in [0.29, 0.717) is 42.1 Å². The van der Waals surface area contributed by atoms with Gasteiger partial charge in [-0.05, 0) is 50.3 Å². The maximum absolute atomic E-state index is 13.9. The molecule has 2 fully saturated rings. The van der Waals surface area contributed by atoms with Crippen molar-refractivity contribution < 1.29 is 43.6 Å². The van der Waals surface area contributed by atoms with E-state index in [2.05, 4.69) is 5.32 Å². The Kier molecular flexibility index (Phi) is 8.92. The Morgan fingerprint density at radius 2 is 1.74 bits per heavy atom. The summed E-state index contributed by atoms with van der Waals surface area (Å²) in [5.74, 6) is -1.05. The van der Waals surface area contributed by atoms with Crippen molar-refractivity contribution in [1.29, 1.82) is 0 Å². The molecule has 210 valence electrons. The van der Waals surface area contributed by atoms with Crippen molar-refractivity contribution >= 4 is 23.8 Å². The second-order valence-corrected chi connectivity index (χ2v) is 9.56. The molecule has 1 aromatic rings. The smallest absolute Gasteiger partial charge is 0.407 e. The van der Waals surface area contributed by atoms with E-state index in [0.717, 1.165) is 4.90 Å². The summed E-state index contributed by atoms with van der Waals surface area (Å²) in [5.41, 5.74) is 4.49. The molecule has 0 aliphatic carbocycles. The van der Waals surface area contributed by atoms with Gasteiger partial charge in [0.15, 0.2) is 11.5 Å². The van der Waals surface area contributed by atoms with Crippen LogP contribution in [0.15, 0.2) is 12.1 Å². The van der Waals surface area contributed by atoms with Gasteiger partial charge in [-0.3, -0.25) is 19.3 Å². The minimum absolute atomic E-state index is 0.00757. The van der Waals surface area contributed by atoms with Crippen LogP contribution in [0.3, 0.4) is 0 Å². The molecule has 0 bridgehead atoms. The van der Waals surface area contributed by atoms with Gasteiger partial charge in [0, 0.05) is 19.5 Å². The highest BCUT2D eigenvalue weighted by atomic mass is 16.5. The van der Waals surface area contributed by atoms with Crippen molar-refractivity contribution in [1.82, 2.24) is 15.1 Å². The number of benzene rings is 1. The quantitative estimate of drug-likeness (QED) is 0.323. The number of nitrogens with one attached hydrogen (secondary N) is 1. The van der Waals surface area contributed by atoms with Crippen molar-refractivity contribution in [3.05, 3.63) is 17.7 Å². The van der Waals surface area contributed by atoms with Crippen molar-refractivity contribution in [3.63, 3.8) is 0 Å². The van der Waals surface area contributed by atoms with Crippen LogP contribution in [0.2, 0.25) is 0 Å². The summed E-state index contributed by atoms with van der Waals surface area (Å²) in [6, 6.07) is 1.01. The Labute approximate surface area is 220 Å². The molecule has 2 aliphatic rings. The molecule has 3 rings (SSSR count). The predicted octanol–water partition coefficient (Wildman–Crippen LogP) is 0.109. The molecular formula is C25H36N4O9. The lowest BCUT2D eigenvalue weighted by atomic mass is 9.85. The third-order valence-electron chi connectivity index (χ3n) is 7.26. The molecule has 0 saturated carbocycles. The van der Waals surface area contributed by atoms with Gasteiger partial charge < -0.3 is 40.4 Å². The average molecular weight is 537 g/mol. The van der Waals surface area contributed by atoms with E-state index in [9.17, 15) is 29.4 Å². The van der Waals surface area contributed by atoms with Crippen molar-refractivity contribution in [2.75, 3.05) is 34.4 Å². The van der Waals surface area contributed by atoms with Gasteiger partial charge >= 0.3 is 6.09 Å². The molecular weight excluding hydrogens is 500 g/mol. The molecule has 13 heteroatoms. The molecule has 4 atom stereocenters. The van der Waals surface area contributed by atoms with Crippen LogP contribution < -0.4 is 25.3 Å². The fourth-order valence-electron chi connectivity index (χ4n) is 5.41. The number of aliphatic hydroxyl groups is 1. The molecule has 0 spiro atoms. The van der Waals surface area contributed by atoms with Crippen LogP contribution in [-0.4, -0.2) is 102 Å². The van der Waals surface area contributed by atoms with E-state index in [1.807, 2.05) is 0 Å². The van der Waals surface area contributed by atoms with Gasteiger partial charge in [0.05, 0.1) is 27.4 Å². The van der Waals surface area contributed by atoms with Crippen LogP contribution in [-0.2, 0) is 20.8 Å². The molecule has 4 amide bonds. The topological polar surface area (TPSA) is 181 Å². The van der Waals surface area contributed by atoms with Crippen LogP contribution in [0.1, 0.15) is 38.2 Å². The third kappa shape index (κ3) is 5.42. The molecule has 0 radical (unpaired) electrons. The Balaban J connectivity index is 2.09. The first kappa shape index (κ1) is 28.8. The highest BCUT2D eigenvalue weighted by Gasteiger charge is 2.53. The highest BCUT2D eigenvalue weighted by molar-refractivity contribution is 5.97. The summed E-state index contributed by atoms with van der Waals surface area (Å²) in [6.45, 7) is 1.75. The number of likely N-dealkylation sites (tertiary alicyclic amines) is 2. The number of aliphatic hydroxyl groups excluding tert-OH is 1. The Morgan fingerprint density at radius 3 is 2.24 bits per heavy atom. The molecule has 13 nitrogen and oxygen atoms in total. The minimum atomic E-state index is -1.50. The number of hydrogen-bond acceptors (Lipinski definition) is 8. The summed E-state index contributed by atoms with van der Waals surface area (Å²) in [5, 5.41) is 22.2. The van der Waals surface area contributed by atoms with Gasteiger partial charge in [0.25, 0.3) is 0 Å². The minimum Gasteiger partial charge on any atom is -0.493 e. The van der Waals surface area contributed by atoms with Crippen LogP contribution in [0.5, 0.6) is 17.2 Å². The van der Waals surface area contributed by atoms with Crippen molar-refractivity contribution in [2.45, 2.75) is 62.8 Å². The second-order valence-electron chi connectivity index (χ2n) is 9.56. The third-order valence-corrected chi connectivity index (χ3v) is 7.26. The van der Waals surface area contributed by atoms with Gasteiger partial charge in [-0.1, -0.05) is 0 Å². The lowest BCUT2D eigenvalue weighted by molar-refractivity contribution is -0.149. The first-order chi connectivity index (χ1) is 18.0. The van der Waals surface area contributed by atoms with E-state index < -0.39 is 47.5 Å². The van der Waals surface area contributed by atoms with Gasteiger partial charge in [-0.25, -0.2) is 4.79 Å². The first-order valence-electron chi connectivity index (χ1n) is 12.4. The maximum Gasteiger partial charge on any atom is 0.407 e. The number of methoxy groups -OCH3 is 3. The monoisotopic (exact) mass is 536 g/mol. The normalized spacial score (nSPS) is 22.5. The number of ether oxygens (including phenoxy) is 3. The van der Waals surface area contributed by atoms with E-state index in [4.69, 9.17) is 19.9 Å². The Bertz CT molecular complexity index is 1050. The zero-order valence-corrected chi connectivity index (χ0v) is 22.1. The van der Waals surface area contributed by atoms with E-state index in [-0.39, 0.29) is 25.9 Å². The van der Waals surface area contributed by atoms with Gasteiger partial charge in [0.2, 0.25) is 23.5 Å². The zero-order chi connectivity index (χ0) is 28.2. The van der Waals surface area contributed by atoms with Crippen molar-refractivity contribution in [3.8, 4) is 17.2 Å². The number of carbonyl (C=O) groups excluding carboxylic acids is 3. The largest absolute Gasteiger partial charge is 0.493 e. The van der Waals surface area contributed by atoms with Gasteiger partial charge in [-0.15, -0.1) is 0 Å². The fourth-order valence-corrected chi connectivity index (χ4v) is 5.41. The van der Waals surface area contributed by atoms with Gasteiger partial charge in [0.1, 0.15) is 17.6 Å².